The number of hydrogen-bond donors (Lipinski definition) is 4. The number of rotatable bonds is 5. The third-order valence-corrected chi connectivity index (χ3v) is 3.71. The minimum atomic E-state index is -1.43. The van der Waals surface area contributed by atoms with Crippen LogP contribution in [-0.2, 0) is 9.53 Å². The zero-order chi connectivity index (χ0) is 20.0. The second-order valence-corrected chi connectivity index (χ2v) is 5.67. The van der Waals surface area contributed by atoms with E-state index in [1.807, 2.05) is 0 Å². The van der Waals surface area contributed by atoms with Crippen molar-refractivity contribution in [2.45, 2.75) is 20.0 Å². The molecule has 2 aromatic rings. The molecule has 0 aliphatic rings. The summed E-state index contributed by atoms with van der Waals surface area (Å²) >= 11 is 0. The van der Waals surface area contributed by atoms with Crippen molar-refractivity contribution in [3.05, 3.63) is 59.2 Å². The SMILES string of the molecule is CCNC(=O)NC(=O)C(OC(=O)c1ccc(C)c(O)c1O)c1ccccc1. The van der Waals surface area contributed by atoms with E-state index in [0.29, 0.717) is 17.7 Å². The first-order valence-electron chi connectivity index (χ1n) is 8.21. The Morgan fingerprint density at radius 3 is 2.33 bits per heavy atom. The van der Waals surface area contributed by atoms with Crippen LogP contribution in [0.4, 0.5) is 4.79 Å². The van der Waals surface area contributed by atoms with Gasteiger partial charge < -0.3 is 20.3 Å². The van der Waals surface area contributed by atoms with E-state index in [0.717, 1.165) is 0 Å². The maximum Gasteiger partial charge on any atom is 0.343 e. The van der Waals surface area contributed by atoms with Crippen molar-refractivity contribution in [3.8, 4) is 11.5 Å². The van der Waals surface area contributed by atoms with Crippen molar-refractivity contribution in [1.82, 2.24) is 10.6 Å². The number of aryl methyl sites for hydroxylation is 1. The average molecular weight is 372 g/mol. The van der Waals surface area contributed by atoms with Crippen LogP contribution in [0.25, 0.3) is 0 Å². The molecule has 142 valence electrons. The third kappa shape index (κ3) is 4.75. The van der Waals surface area contributed by atoms with Gasteiger partial charge in [0.25, 0.3) is 5.91 Å². The highest BCUT2D eigenvalue weighted by molar-refractivity contribution is 6.00. The fourth-order valence-electron chi connectivity index (χ4n) is 2.30. The standard InChI is InChI=1S/C19H20N2O6/c1-3-20-19(26)21-17(24)16(12-7-5-4-6-8-12)27-18(25)13-10-9-11(2)14(22)15(13)23/h4-10,16,22-23H,3H2,1-2H3,(H2,20,21,24,26). The number of nitrogens with one attached hydrogen (secondary N) is 2. The minimum absolute atomic E-state index is 0.301. The van der Waals surface area contributed by atoms with Gasteiger partial charge in [0.1, 0.15) is 5.56 Å². The number of carbonyl (C=O) groups is 3. The largest absolute Gasteiger partial charge is 0.504 e. The topological polar surface area (TPSA) is 125 Å². The molecule has 8 heteroatoms. The Kier molecular flexibility index (Phi) is 6.37. The van der Waals surface area contributed by atoms with Crippen LogP contribution in [0.2, 0.25) is 0 Å². The molecule has 0 saturated heterocycles. The number of phenolic OH excluding ortho intramolecular Hbond substituents is 2. The average Bonchev–Trinajstić information content (AvgIpc) is 2.64. The van der Waals surface area contributed by atoms with E-state index in [9.17, 15) is 24.6 Å². The highest BCUT2D eigenvalue weighted by atomic mass is 16.5. The van der Waals surface area contributed by atoms with E-state index < -0.39 is 35.5 Å². The number of carbonyl (C=O) groups excluding carboxylic acids is 3. The molecule has 0 heterocycles. The van der Waals surface area contributed by atoms with E-state index in [1.165, 1.54) is 12.1 Å². The molecule has 0 aliphatic carbocycles. The monoisotopic (exact) mass is 372 g/mol. The lowest BCUT2D eigenvalue weighted by Gasteiger charge is -2.18. The number of benzene rings is 2. The van der Waals surface area contributed by atoms with E-state index in [2.05, 4.69) is 10.6 Å². The third-order valence-electron chi connectivity index (χ3n) is 3.71. The number of ether oxygens (including phenoxy) is 1. The van der Waals surface area contributed by atoms with Crippen LogP contribution < -0.4 is 10.6 Å². The van der Waals surface area contributed by atoms with Gasteiger partial charge in [0.05, 0.1) is 0 Å². The van der Waals surface area contributed by atoms with Gasteiger partial charge in [0.2, 0.25) is 6.10 Å². The van der Waals surface area contributed by atoms with Gasteiger partial charge in [0.15, 0.2) is 11.5 Å². The summed E-state index contributed by atoms with van der Waals surface area (Å²) in [4.78, 5) is 36.5. The zero-order valence-corrected chi connectivity index (χ0v) is 14.9. The van der Waals surface area contributed by atoms with Crippen LogP contribution >= 0.6 is 0 Å². The summed E-state index contributed by atoms with van der Waals surface area (Å²) in [6.45, 7) is 3.55. The summed E-state index contributed by atoms with van der Waals surface area (Å²) in [7, 11) is 0. The first-order chi connectivity index (χ1) is 12.8. The Morgan fingerprint density at radius 2 is 1.70 bits per heavy atom. The Bertz CT molecular complexity index is 851. The summed E-state index contributed by atoms with van der Waals surface area (Å²) in [5, 5.41) is 24.3. The van der Waals surface area contributed by atoms with E-state index in [4.69, 9.17) is 4.74 Å². The number of hydrogen-bond acceptors (Lipinski definition) is 6. The molecule has 0 aliphatic heterocycles. The molecule has 2 rings (SSSR count). The van der Waals surface area contributed by atoms with Gasteiger partial charge in [-0.1, -0.05) is 36.4 Å². The Morgan fingerprint density at radius 1 is 1.04 bits per heavy atom. The highest BCUT2D eigenvalue weighted by Gasteiger charge is 2.28. The second-order valence-electron chi connectivity index (χ2n) is 5.67. The molecule has 0 fully saturated rings. The molecular formula is C19H20N2O6. The highest BCUT2D eigenvalue weighted by Crippen LogP contribution is 2.33. The first-order valence-corrected chi connectivity index (χ1v) is 8.21. The predicted molar refractivity (Wildman–Crippen MR) is 96.3 cm³/mol. The maximum absolute atomic E-state index is 12.5. The molecule has 4 N–H and O–H groups in total. The van der Waals surface area contributed by atoms with Crippen molar-refractivity contribution in [1.29, 1.82) is 0 Å². The normalized spacial score (nSPS) is 11.3. The van der Waals surface area contributed by atoms with Crippen LogP contribution in [0.5, 0.6) is 11.5 Å². The summed E-state index contributed by atoms with van der Waals surface area (Å²) in [5.74, 6) is -2.97. The summed E-state index contributed by atoms with van der Waals surface area (Å²) in [6, 6.07) is 10.1. The molecule has 1 atom stereocenters. The predicted octanol–water partition coefficient (Wildman–Crippen LogP) is 2.15. The van der Waals surface area contributed by atoms with E-state index >= 15 is 0 Å². The van der Waals surface area contributed by atoms with Crippen molar-refractivity contribution >= 4 is 17.9 Å². The van der Waals surface area contributed by atoms with E-state index in [1.54, 1.807) is 44.2 Å². The lowest BCUT2D eigenvalue weighted by molar-refractivity contribution is -0.129. The minimum Gasteiger partial charge on any atom is -0.504 e. The van der Waals surface area contributed by atoms with Gasteiger partial charge in [0, 0.05) is 12.1 Å². The molecule has 1 unspecified atom stereocenters. The molecule has 2 aromatic carbocycles. The molecular weight excluding hydrogens is 352 g/mol. The molecule has 8 nitrogen and oxygen atoms in total. The van der Waals surface area contributed by atoms with Gasteiger partial charge in [-0.05, 0) is 25.5 Å². The second kappa shape index (κ2) is 8.70. The molecule has 0 bridgehead atoms. The van der Waals surface area contributed by atoms with Crippen molar-refractivity contribution in [3.63, 3.8) is 0 Å². The summed E-state index contributed by atoms with van der Waals surface area (Å²) in [6.07, 6.45) is -1.43. The molecule has 3 amide bonds. The first kappa shape index (κ1) is 19.8. The Balaban J connectivity index is 2.29. The van der Waals surface area contributed by atoms with E-state index in [-0.39, 0.29) is 5.56 Å². The van der Waals surface area contributed by atoms with Crippen molar-refractivity contribution in [2.24, 2.45) is 0 Å². The zero-order valence-electron chi connectivity index (χ0n) is 14.9. The number of esters is 1. The van der Waals surface area contributed by atoms with Crippen LogP contribution in [0.3, 0.4) is 0 Å². The molecule has 0 radical (unpaired) electrons. The number of phenols is 2. The fraction of sp³-hybridized carbons (Fsp3) is 0.211. The van der Waals surface area contributed by atoms with Gasteiger partial charge in [-0.25, -0.2) is 9.59 Å². The van der Waals surface area contributed by atoms with Crippen LogP contribution in [0, 0.1) is 6.92 Å². The lowest BCUT2D eigenvalue weighted by atomic mass is 10.1. The number of aromatic hydroxyl groups is 2. The number of imide groups is 1. The van der Waals surface area contributed by atoms with Crippen LogP contribution in [-0.4, -0.2) is 34.7 Å². The summed E-state index contributed by atoms with van der Waals surface area (Å²) < 4.78 is 5.24. The van der Waals surface area contributed by atoms with Crippen LogP contribution in [0.1, 0.15) is 34.5 Å². The Hall–Kier alpha value is -3.55. The van der Waals surface area contributed by atoms with Gasteiger partial charge >= 0.3 is 12.0 Å². The van der Waals surface area contributed by atoms with Crippen molar-refractivity contribution < 1.29 is 29.3 Å². The smallest absolute Gasteiger partial charge is 0.343 e. The van der Waals surface area contributed by atoms with Gasteiger partial charge in [-0.2, -0.15) is 0 Å². The van der Waals surface area contributed by atoms with Crippen LogP contribution in [0.15, 0.2) is 42.5 Å². The molecule has 0 saturated carbocycles. The quantitative estimate of drug-likeness (QED) is 0.471. The van der Waals surface area contributed by atoms with Crippen molar-refractivity contribution in [2.75, 3.05) is 6.54 Å². The summed E-state index contributed by atoms with van der Waals surface area (Å²) in [5.41, 5.74) is 0.408. The Labute approximate surface area is 155 Å². The molecule has 0 spiro atoms. The molecule has 0 aromatic heterocycles. The number of urea groups is 1. The van der Waals surface area contributed by atoms with Gasteiger partial charge in [-0.15, -0.1) is 0 Å². The lowest BCUT2D eigenvalue weighted by Crippen LogP contribution is -2.42. The molecule has 27 heavy (non-hydrogen) atoms. The van der Waals surface area contributed by atoms with Gasteiger partial charge in [-0.3, -0.25) is 10.1 Å². The number of amides is 3. The maximum atomic E-state index is 12.5. The fourth-order valence-corrected chi connectivity index (χ4v) is 2.30.